The van der Waals surface area contributed by atoms with Gasteiger partial charge in [0.15, 0.2) is 10.8 Å². The Kier molecular flexibility index (Phi) is 12.7. The number of oxime groups is 1. The van der Waals surface area contributed by atoms with Gasteiger partial charge in [0, 0.05) is 15.6 Å². The molecule has 0 bridgehead atoms. The molecule has 2 aliphatic heterocycles. The number of carbonyl (C=O) groups is 3. The number of allylic oxidation sites excluding steroid dienone is 2. The van der Waals surface area contributed by atoms with Gasteiger partial charge in [-0.25, -0.2) is 9.78 Å². The first kappa shape index (κ1) is 39.8. The van der Waals surface area contributed by atoms with Crippen molar-refractivity contribution in [2.24, 2.45) is 5.16 Å². The normalized spacial score (nSPS) is 16.8. The van der Waals surface area contributed by atoms with Crippen molar-refractivity contribution in [3.8, 4) is 5.75 Å². The number of ether oxygens (including phenoxy) is 2. The van der Waals surface area contributed by atoms with Crippen molar-refractivity contribution in [1.82, 2.24) is 15.2 Å². The van der Waals surface area contributed by atoms with Gasteiger partial charge in [0.25, 0.3) is 11.8 Å². The van der Waals surface area contributed by atoms with Crippen molar-refractivity contribution in [2.45, 2.75) is 23.6 Å². The number of anilines is 1. The number of thioether (sulfide) groups is 1. The average Bonchev–Trinajstić information content (AvgIpc) is 3.73. The van der Waals surface area contributed by atoms with Gasteiger partial charge in [-0.05, 0) is 40.0 Å². The molecular weight excluding hydrogens is 874 g/mol. The highest BCUT2D eigenvalue weighted by Crippen LogP contribution is 2.42. The monoisotopic (exact) mass is 911 g/mol. The minimum Gasteiger partial charge on any atom is -0.497 e. The van der Waals surface area contributed by atoms with Gasteiger partial charge in [-0.15, -0.1) is 23.1 Å². The van der Waals surface area contributed by atoms with Crippen molar-refractivity contribution in [3.05, 3.63) is 172 Å². The van der Waals surface area contributed by atoms with Crippen LogP contribution in [0.4, 0.5) is 5.13 Å². The van der Waals surface area contributed by atoms with Crippen LogP contribution in [-0.4, -0.2) is 69.2 Å². The molecule has 4 aromatic carbocycles. The van der Waals surface area contributed by atoms with Gasteiger partial charge in [0.05, 0.1) is 7.11 Å². The third-order valence-electron chi connectivity index (χ3n) is 9.47. The maximum absolute atomic E-state index is 14.0. The molecule has 7 rings (SSSR count). The number of esters is 1. The van der Waals surface area contributed by atoms with Crippen LogP contribution in [0.15, 0.2) is 149 Å². The second-order valence-corrected chi connectivity index (χ2v) is 15.7. The standard InChI is InChI=1S/C43H38IN5O6S2/c1-53-33-22-20-28(21-23-33)25-55-41(52)37-29(13-12-24-44)26-56-40-36(39(51)49(37)40)46-38(50)35(48-54-2)34-27-57-42(45-34)47-43(30-14-6-3-7-15-30,31-16-8-4-9-17-31)32-18-10-5-11-19-32/h3-23,27,36,40H,24-26H2,1-2H3,(H,45,47)(H,46,50)/b13-12+,48-35-/t36-,40+/m1/s1. The summed E-state index contributed by atoms with van der Waals surface area (Å²) in [6.45, 7) is 0.0140. The Morgan fingerprint density at radius 2 is 1.54 bits per heavy atom. The molecule has 1 fully saturated rings. The molecule has 2 amide bonds. The van der Waals surface area contributed by atoms with Crippen molar-refractivity contribution < 1.29 is 28.7 Å². The zero-order valence-electron chi connectivity index (χ0n) is 31.0. The van der Waals surface area contributed by atoms with E-state index in [4.69, 9.17) is 19.3 Å². The number of thiazole rings is 1. The van der Waals surface area contributed by atoms with E-state index >= 15 is 0 Å². The van der Waals surface area contributed by atoms with Crippen LogP contribution in [0.1, 0.15) is 27.9 Å². The predicted octanol–water partition coefficient (Wildman–Crippen LogP) is 7.29. The van der Waals surface area contributed by atoms with Crippen molar-refractivity contribution in [3.63, 3.8) is 0 Å². The number of hydrogen-bond donors (Lipinski definition) is 2. The Labute approximate surface area is 352 Å². The summed E-state index contributed by atoms with van der Waals surface area (Å²) in [5, 5.41) is 12.3. The lowest BCUT2D eigenvalue weighted by Gasteiger charge is -2.49. The number of hydrogen-bond acceptors (Lipinski definition) is 11. The lowest BCUT2D eigenvalue weighted by Crippen LogP contribution is -2.71. The number of fused-ring (bicyclic) bond motifs is 1. The maximum Gasteiger partial charge on any atom is 0.355 e. The topological polar surface area (TPSA) is 131 Å². The number of rotatable bonds is 15. The average molecular weight is 912 g/mol. The van der Waals surface area contributed by atoms with Crippen LogP contribution in [0.3, 0.4) is 0 Å². The molecule has 0 unspecified atom stereocenters. The van der Waals surface area contributed by atoms with Crippen LogP contribution in [-0.2, 0) is 36.1 Å². The fourth-order valence-corrected chi connectivity index (χ4v) is 9.10. The Morgan fingerprint density at radius 1 is 0.930 bits per heavy atom. The number of benzene rings is 4. The molecule has 1 aromatic heterocycles. The van der Waals surface area contributed by atoms with E-state index in [1.807, 2.05) is 78.9 Å². The minimum atomic E-state index is -0.929. The Balaban J connectivity index is 1.12. The number of nitrogens with one attached hydrogen (secondary N) is 2. The van der Waals surface area contributed by atoms with E-state index in [0.717, 1.165) is 26.7 Å². The fourth-order valence-electron chi connectivity index (χ4n) is 6.77. The predicted molar refractivity (Wildman–Crippen MR) is 231 cm³/mol. The first-order valence-corrected chi connectivity index (χ1v) is 21.4. The number of amides is 2. The summed E-state index contributed by atoms with van der Waals surface area (Å²) >= 11 is 4.98. The van der Waals surface area contributed by atoms with Crippen LogP contribution in [0, 0.1) is 0 Å². The SMILES string of the molecule is CO/N=C(\C(=O)N[C@@H]1C(=O)N2C(C(=O)OCc3ccc(OC)cc3)=C(/C=C/CI)CS[C@@H]12)c1csc(NC(c2ccccc2)(c2ccccc2)c2ccccc2)n1. The lowest BCUT2D eigenvalue weighted by atomic mass is 9.77. The number of nitrogens with zero attached hydrogens (tertiary/aromatic N) is 3. The molecule has 0 radical (unpaired) electrons. The molecule has 1 saturated heterocycles. The minimum absolute atomic E-state index is 0.0140. The molecule has 3 heterocycles. The van der Waals surface area contributed by atoms with Crippen LogP contribution >= 0.6 is 45.7 Å². The molecule has 290 valence electrons. The molecular formula is C43H38IN5O6S2. The third kappa shape index (κ3) is 8.34. The second-order valence-electron chi connectivity index (χ2n) is 12.8. The van der Waals surface area contributed by atoms with Crippen LogP contribution < -0.4 is 15.4 Å². The summed E-state index contributed by atoms with van der Waals surface area (Å²) in [6, 6.07) is 36.6. The molecule has 14 heteroatoms. The first-order valence-electron chi connectivity index (χ1n) is 17.9. The van der Waals surface area contributed by atoms with E-state index in [2.05, 4.69) is 74.8 Å². The molecule has 0 spiro atoms. The first-order chi connectivity index (χ1) is 27.9. The van der Waals surface area contributed by atoms with E-state index < -0.39 is 34.7 Å². The fraction of sp³-hybridized carbons (Fsp3) is 0.186. The van der Waals surface area contributed by atoms with Crippen molar-refractivity contribution in [1.29, 1.82) is 0 Å². The number of halogens is 1. The number of aromatic nitrogens is 1. The van der Waals surface area contributed by atoms with Crippen LogP contribution in [0.25, 0.3) is 0 Å². The molecule has 5 aromatic rings. The molecule has 2 aliphatic rings. The highest BCUT2D eigenvalue weighted by Gasteiger charge is 2.54. The van der Waals surface area contributed by atoms with Gasteiger partial charge in [-0.2, -0.15) is 0 Å². The maximum atomic E-state index is 14.0. The van der Waals surface area contributed by atoms with Gasteiger partial charge in [-0.1, -0.05) is 143 Å². The smallest absolute Gasteiger partial charge is 0.355 e. The van der Waals surface area contributed by atoms with Gasteiger partial charge in [0.2, 0.25) is 0 Å². The van der Waals surface area contributed by atoms with Crippen molar-refractivity contribution in [2.75, 3.05) is 29.7 Å². The molecule has 57 heavy (non-hydrogen) atoms. The summed E-state index contributed by atoms with van der Waals surface area (Å²) in [4.78, 5) is 52.8. The van der Waals surface area contributed by atoms with Gasteiger partial charge < -0.3 is 24.9 Å². The Morgan fingerprint density at radius 3 is 2.11 bits per heavy atom. The zero-order chi connectivity index (χ0) is 39.8. The molecule has 11 nitrogen and oxygen atoms in total. The Bertz CT molecular complexity index is 2210. The summed E-state index contributed by atoms with van der Waals surface area (Å²) in [7, 11) is 2.92. The summed E-state index contributed by atoms with van der Waals surface area (Å²) in [5.41, 5.74) is 3.91. The lowest BCUT2D eigenvalue weighted by molar-refractivity contribution is -0.153. The summed E-state index contributed by atoms with van der Waals surface area (Å²) < 4.78 is 11.6. The quantitative estimate of drug-likeness (QED) is 0.0212. The van der Waals surface area contributed by atoms with E-state index in [1.165, 1.54) is 35.1 Å². The summed E-state index contributed by atoms with van der Waals surface area (Å²) in [6.07, 6.45) is 3.77. The van der Waals surface area contributed by atoms with Gasteiger partial charge >= 0.3 is 5.97 Å². The number of carbonyl (C=O) groups excluding carboxylic acids is 3. The van der Waals surface area contributed by atoms with Crippen LogP contribution in [0.2, 0.25) is 0 Å². The van der Waals surface area contributed by atoms with Gasteiger partial charge in [-0.3, -0.25) is 14.5 Å². The third-order valence-corrected chi connectivity index (χ3v) is 12.0. The zero-order valence-corrected chi connectivity index (χ0v) is 34.8. The highest BCUT2D eigenvalue weighted by atomic mass is 127. The molecule has 2 N–H and O–H groups in total. The molecule has 0 aliphatic carbocycles. The number of β-lactam (4-membered cyclic amide) rings is 1. The number of methoxy groups -OCH3 is 1. The number of alkyl halides is 1. The van der Waals surface area contributed by atoms with E-state index in [-0.39, 0.29) is 23.7 Å². The van der Waals surface area contributed by atoms with Gasteiger partial charge in [0.1, 0.15) is 47.8 Å². The van der Waals surface area contributed by atoms with Crippen molar-refractivity contribution >= 4 is 74.3 Å². The molecule has 2 atom stereocenters. The highest BCUT2D eigenvalue weighted by molar-refractivity contribution is 14.1. The molecule has 0 saturated carbocycles. The van der Waals surface area contributed by atoms with E-state index in [0.29, 0.717) is 22.2 Å². The largest absolute Gasteiger partial charge is 0.497 e. The van der Waals surface area contributed by atoms with E-state index in [9.17, 15) is 14.4 Å². The summed E-state index contributed by atoms with van der Waals surface area (Å²) in [5.74, 6) is -0.576. The second kappa shape index (κ2) is 18.2. The van der Waals surface area contributed by atoms with Crippen LogP contribution in [0.5, 0.6) is 5.75 Å². The Hall–Kier alpha value is -5.45. The van der Waals surface area contributed by atoms with E-state index in [1.54, 1.807) is 24.6 Å².